The number of benzene rings is 2. The Hall–Kier alpha value is -2.20. The van der Waals surface area contributed by atoms with Crippen LogP contribution in [0.2, 0.25) is 0 Å². The van der Waals surface area contributed by atoms with Crippen LogP contribution in [0.15, 0.2) is 67.7 Å². The Morgan fingerprint density at radius 3 is 2.76 bits per heavy atom. The van der Waals surface area contributed by atoms with E-state index in [9.17, 15) is 9.18 Å². The summed E-state index contributed by atoms with van der Waals surface area (Å²) in [5.74, 6) is 1.28. The summed E-state index contributed by atoms with van der Waals surface area (Å²) in [4.78, 5) is 15.4. The second kappa shape index (κ2) is 12.0. The molecule has 4 rings (SSSR count). The number of rotatable bonds is 11. The Morgan fingerprint density at radius 1 is 1.06 bits per heavy atom. The molecule has 0 aliphatic rings. The highest BCUT2D eigenvalue weighted by Crippen LogP contribution is 2.33. The molecule has 0 fully saturated rings. The van der Waals surface area contributed by atoms with Crippen molar-refractivity contribution in [2.24, 2.45) is 0 Å². The van der Waals surface area contributed by atoms with E-state index in [4.69, 9.17) is 4.74 Å². The van der Waals surface area contributed by atoms with E-state index >= 15 is 0 Å². The van der Waals surface area contributed by atoms with Gasteiger partial charge in [0.25, 0.3) is 0 Å². The van der Waals surface area contributed by atoms with Crippen LogP contribution in [0, 0.1) is 5.82 Å². The second-order valence-electron chi connectivity index (χ2n) is 7.73. The largest absolute Gasteiger partial charge is 0.492 e. The molecule has 2 heterocycles. The summed E-state index contributed by atoms with van der Waals surface area (Å²) < 4.78 is 22.5. The minimum Gasteiger partial charge on any atom is -0.492 e. The Kier molecular flexibility index (Phi) is 8.77. The van der Waals surface area contributed by atoms with Crippen molar-refractivity contribution in [3.8, 4) is 5.75 Å². The van der Waals surface area contributed by atoms with Gasteiger partial charge >= 0.3 is 0 Å². The number of hydrogen-bond acceptors (Lipinski definition) is 5. The van der Waals surface area contributed by atoms with Gasteiger partial charge in [-0.05, 0) is 64.1 Å². The number of aromatic nitrogens is 1. The molecule has 34 heavy (non-hydrogen) atoms. The number of H-pyrrole nitrogens is 1. The van der Waals surface area contributed by atoms with E-state index in [0.717, 1.165) is 55.8 Å². The standard InChI is InChI=1S/C25H24Br2FN3O2S/c26-18-12-17(24(19(27)13-18)33-10-6-16-4-1-2-5-20(16)28)15-29-8-3-9-30-23-14-22(32)25-21(31-23)7-11-34-25/h1-2,4-5,7,11-14,29H,3,6,8-10,15H2,(H2,30,31,32). The van der Waals surface area contributed by atoms with Crippen molar-refractivity contribution in [2.45, 2.75) is 19.4 Å². The van der Waals surface area contributed by atoms with Gasteiger partial charge in [0, 0.05) is 35.6 Å². The number of fused-ring (bicyclic) bond motifs is 1. The van der Waals surface area contributed by atoms with Crippen LogP contribution in [0.25, 0.3) is 10.2 Å². The number of hydrogen-bond donors (Lipinski definition) is 3. The minimum atomic E-state index is -0.212. The average Bonchev–Trinajstić information content (AvgIpc) is 3.28. The summed E-state index contributed by atoms with van der Waals surface area (Å²) in [5, 5.41) is 8.64. The SMILES string of the molecule is O=c1cc(NCCCNCc2cc(Br)cc(Br)c2OCCc2ccccc2F)[nH]c2ccsc12. The topological polar surface area (TPSA) is 66.2 Å². The number of anilines is 1. The molecule has 0 spiro atoms. The highest BCUT2D eigenvalue weighted by molar-refractivity contribution is 9.11. The Bertz CT molecular complexity index is 1330. The lowest BCUT2D eigenvalue weighted by Gasteiger charge is -2.15. The van der Waals surface area contributed by atoms with Crippen LogP contribution in [-0.4, -0.2) is 24.7 Å². The Balaban J connectivity index is 1.26. The molecule has 4 aromatic rings. The fourth-order valence-electron chi connectivity index (χ4n) is 3.60. The molecule has 2 aromatic heterocycles. The predicted octanol–water partition coefficient (Wildman–Crippen LogP) is 6.47. The van der Waals surface area contributed by atoms with Crippen LogP contribution in [0.1, 0.15) is 17.5 Å². The monoisotopic (exact) mass is 607 g/mol. The van der Waals surface area contributed by atoms with Gasteiger partial charge < -0.3 is 20.4 Å². The van der Waals surface area contributed by atoms with Crippen molar-refractivity contribution in [2.75, 3.05) is 25.0 Å². The Morgan fingerprint density at radius 2 is 1.91 bits per heavy atom. The minimum absolute atomic E-state index is 0.0344. The number of pyridine rings is 1. The van der Waals surface area contributed by atoms with E-state index in [-0.39, 0.29) is 11.2 Å². The van der Waals surface area contributed by atoms with Crippen molar-refractivity contribution in [3.05, 3.63) is 90.0 Å². The maximum atomic E-state index is 13.9. The van der Waals surface area contributed by atoms with Gasteiger partial charge in [0.15, 0.2) is 0 Å². The van der Waals surface area contributed by atoms with Gasteiger partial charge in [-0.2, -0.15) is 0 Å². The van der Waals surface area contributed by atoms with Gasteiger partial charge in [-0.15, -0.1) is 11.3 Å². The number of nitrogens with one attached hydrogen (secondary N) is 3. The zero-order valence-electron chi connectivity index (χ0n) is 18.3. The average molecular weight is 609 g/mol. The molecule has 5 nitrogen and oxygen atoms in total. The smallest absolute Gasteiger partial charge is 0.201 e. The fourth-order valence-corrected chi connectivity index (χ4v) is 5.79. The number of thiophene rings is 1. The first kappa shape index (κ1) is 24.9. The highest BCUT2D eigenvalue weighted by atomic mass is 79.9. The van der Waals surface area contributed by atoms with E-state index in [2.05, 4.69) is 47.5 Å². The van der Waals surface area contributed by atoms with Gasteiger partial charge in [0.2, 0.25) is 5.43 Å². The molecule has 0 atom stereocenters. The molecule has 0 saturated heterocycles. The molecule has 0 unspecified atom stereocenters. The first-order valence-electron chi connectivity index (χ1n) is 10.9. The molecule has 0 aliphatic heterocycles. The van der Waals surface area contributed by atoms with Gasteiger partial charge in [0.1, 0.15) is 17.4 Å². The first-order valence-corrected chi connectivity index (χ1v) is 13.4. The molecule has 0 amide bonds. The highest BCUT2D eigenvalue weighted by Gasteiger charge is 2.11. The van der Waals surface area contributed by atoms with E-state index in [0.29, 0.717) is 25.1 Å². The van der Waals surface area contributed by atoms with Crippen molar-refractivity contribution >= 4 is 59.2 Å². The molecule has 2 aromatic carbocycles. The van der Waals surface area contributed by atoms with Crippen LogP contribution in [0.5, 0.6) is 5.75 Å². The Labute approximate surface area is 218 Å². The molecule has 0 saturated carbocycles. The van der Waals surface area contributed by atoms with Gasteiger partial charge in [0.05, 0.1) is 21.3 Å². The molecule has 0 aliphatic carbocycles. The summed E-state index contributed by atoms with van der Waals surface area (Å²) in [6, 6.07) is 14.2. The number of halogens is 3. The zero-order valence-corrected chi connectivity index (χ0v) is 22.3. The van der Waals surface area contributed by atoms with E-state index < -0.39 is 0 Å². The maximum Gasteiger partial charge on any atom is 0.201 e. The van der Waals surface area contributed by atoms with Crippen LogP contribution < -0.4 is 20.8 Å². The van der Waals surface area contributed by atoms with E-state index in [1.165, 1.54) is 17.4 Å². The third-order valence-electron chi connectivity index (χ3n) is 5.26. The van der Waals surface area contributed by atoms with Gasteiger partial charge in [-0.3, -0.25) is 4.79 Å². The van der Waals surface area contributed by atoms with Crippen LogP contribution >= 0.6 is 43.2 Å². The third kappa shape index (κ3) is 6.47. The molecule has 3 N–H and O–H groups in total. The summed E-state index contributed by atoms with van der Waals surface area (Å²) in [7, 11) is 0. The lowest BCUT2D eigenvalue weighted by atomic mass is 10.1. The van der Waals surface area contributed by atoms with Crippen molar-refractivity contribution in [1.29, 1.82) is 0 Å². The van der Waals surface area contributed by atoms with Crippen molar-refractivity contribution in [1.82, 2.24) is 10.3 Å². The van der Waals surface area contributed by atoms with Crippen LogP contribution in [0.3, 0.4) is 0 Å². The van der Waals surface area contributed by atoms with Gasteiger partial charge in [-0.1, -0.05) is 34.1 Å². The summed E-state index contributed by atoms with van der Waals surface area (Å²) in [5.41, 5.74) is 2.55. The lowest BCUT2D eigenvalue weighted by Crippen LogP contribution is -2.19. The van der Waals surface area contributed by atoms with Gasteiger partial charge in [-0.25, -0.2) is 4.39 Å². The van der Waals surface area contributed by atoms with E-state index in [1.807, 2.05) is 29.6 Å². The normalized spacial score (nSPS) is 11.1. The molecular formula is C25H24Br2FN3O2S. The van der Waals surface area contributed by atoms with Crippen molar-refractivity contribution < 1.29 is 9.13 Å². The maximum absolute atomic E-state index is 13.9. The molecular weight excluding hydrogens is 585 g/mol. The molecule has 9 heteroatoms. The fraction of sp³-hybridized carbons (Fsp3) is 0.240. The summed E-state index contributed by atoms with van der Waals surface area (Å²) in [6.07, 6.45) is 1.37. The first-order chi connectivity index (χ1) is 16.5. The quantitative estimate of drug-likeness (QED) is 0.171. The van der Waals surface area contributed by atoms with E-state index in [1.54, 1.807) is 18.2 Å². The van der Waals surface area contributed by atoms with Crippen LogP contribution in [-0.2, 0) is 13.0 Å². The van der Waals surface area contributed by atoms with Crippen molar-refractivity contribution in [3.63, 3.8) is 0 Å². The summed E-state index contributed by atoms with van der Waals surface area (Å²) in [6.45, 7) is 2.53. The summed E-state index contributed by atoms with van der Waals surface area (Å²) >= 11 is 8.57. The lowest BCUT2D eigenvalue weighted by molar-refractivity contribution is 0.313. The number of aromatic amines is 1. The second-order valence-corrected chi connectivity index (χ2v) is 10.4. The third-order valence-corrected chi connectivity index (χ3v) is 7.23. The predicted molar refractivity (Wildman–Crippen MR) is 145 cm³/mol. The molecule has 178 valence electrons. The molecule has 0 bridgehead atoms. The molecule has 0 radical (unpaired) electrons. The zero-order chi connectivity index (χ0) is 23.9. The number of ether oxygens (including phenoxy) is 1. The van der Waals surface area contributed by atoms with Crippen LogP contribution in [0.4, 0.5) is 10.2 Å².